The van der Waals surface area contributed by atoms with Crippen LogP contribution in [0.3, 0.4) is 0 Å². The molecular weight excluding hydrogens is 234 g/mol. The van der Waals surface area contributed by atoms with E-state index in [2.05, 4.69) is 22.5 Å². The van der Waals surface area contributed by atoms with Gasteiger partial charge in [0.05, 0.1) is 0 Å². The zero-order valence-electron chi connectivity index (χ0n) is 12.0. The minimum absolute atomic E-state index is 0.826. The molecule has 3 rings (SSSR count). The first-order valence-electron chi connectivity index (χ1n) is 7.71. The highest BCUT2D eigenvalue weighted by atomic mass is 15.0. The molecule has 3 heteroatoms. The molecule has 2 saturated heterocycles. The molecule has 2 aliphatic rings. The number of pyridine rings is 1. The van der Waals surface area contributed by atoms with Crippen LogP contribution in [0, 0.1) is 11.8 Å². The smallest absolute Gasteiger partial charge is 0.0267 e. The molecule has 2 aliphatic heterocycles. The zero-order chi connectivity index (χ0) is 13.3. The number of unbranched alkanes of at least 4 members (excludes halogenated alkanes) is 2. The molecule has 0 aromatic carbocycles. The molecular formula is C16H27N3. The van der Waals surface area contributed by atoms with Gasteiger partial charge < -0.3 is 10.6 Å². The number of nitrogens with zero attached hydrogens (tertiary/aromatic N) is 1. The van der Waals surface area contributed by atoms with Gasteiger partial charge in [-0.3, -0.25) is 4.98 Å². The average Bonchev–Trinajstić information content (AvgIpc) is 3.06. The third-order valence-electron chi connectivity index (χ3n) is 4.24. The molecule has 3 heterocycles. The Bertz CT molecular complexity index is 301. The van der Waals surface area contributed by atoms with Crippen LogP contribution in [0.1, 0.15) is 32.6 Å². The highest BCUT2D eigenvalue weighted by molar-refractivity contribution is 4.96. The maximum Gasteiger partial charge on any atom is 0.0267 e. The van der Waals surface area contributed by atoms with Gasteiger partial charge in [-0.1, -0.05) is 32.3 Å². The lowest BCUT2D eigenvalue weighted by atomic mass is 9.91. The molecule has 1 aromatic heterocycles. The third kappa shape index (κ3) is 4.59. The number of fused-ring (bicyclic) bond motifs is 1. The minimum atomic E-state index is 0.826. The standard InChI is InChI=1S/C11H22N2.C5H5N/c1-2-3-4-5-11-10-8-12-6-9(10)7-13-11;1-2-4-6-5-3-1/h9-13H,2-8H2,1H3;1-5H. The summed E-state index contributed by atoms with van der Waals surface area (Å²) >= 11 is 0. The van der Waals surface area contributed by atoms with Crippen LogP contribution in [0.5, 0.6) is 0 Å². The molecule has 0 amide bonds. The summed E-state index contributed by atoms with van der Waals surface area (Å²) in [4.78, 5) is 3.78. The van der Waals surface area contributed by atoms with Crippen molar-refractivity contribution in [1.82, 2.24) is 15.6 Å². The molecule has 0 radical (unpaired) electrons. The van der Waals surface area contributed by atoms with Crippen molar-refractivity contribution in [2.45, 2.75) is 38.6 Å². The quantitative estimate of drug-likeness (QED) is 0.818. The average molecular weight is 261 g/mol. The number of rotatable bonds is 4. The maximum absolute atomic E-state index is 3.78. The van der Waals surface area contributed by atoms with Crippen LogP contribution in [0.15, 0.2) is 30.6 Å². The normalized spacial score (nSPS) is 28.6. The fourth-order valence-corrected chi connectivity index (χ4v) is 3.14. The van der Waals surface area contributed by atoms with Crippen LogP contribution in [0.2, 0.25) is 0 Å². The van der Waals surface area contributed by atoms with E-state index in [1.165, 1.54) is 45.3 Å². The van der Waals surface area contributed by atoms with Crippen LogP contribution in [0.4, 0.5) is 0 Å². The molecule has 3 unspecified atom stereocenters. The second-order valence-electron chi connectivity index (χ2n) is 5.62. The monoisotopic (exact) mass is 261 g/mol. The van der Waals surface area contributed by atoms with Gasteiger partial charge in [-0.25, -0.2) is 0 Å². The first-order chi connectivity index (χ1) is 9.42. The van der Waals surface area contributed by atoms with Gasteiger partial charge in [0.1, 0.15) is 0 Å². The molecule has 1 aromatic rings. The van der Waals surface area contributed by atoms with Crippen molar-refractivity contribution in [3.63, 3.8) is 0 Å². The summed E-state index contributed by atoms with van der Waals surface area (Å²) in [6.07, 6.45) is 9.07. The van der Waals surface area contributed by atoms with E-state index in [1.807, 2.05) is 18.2 Å². The van der Waals surface area contributed by atoms with Crippen molar-refractivity contribution in [2.75, 3.05) is 19.6 Å². The van der Waals surface area contributed by atoms with E-state index in [0.717, 1.165) is 17.9 Å². The number of hydrogen-bond acceptors (Lipinski definition) is 3. The van der Waals surface area contributed by atoms with Crippen LogP contribution in [-0.4, -0.2) is 30.7 Å². The fourth-order valence-electron chi connectivity index (χ4n) is 3.14. The lowest BCUT2D eigenvalue weighted by molar-refractivity contribution is 0.402. The molecule has 0 bridgehead atoms. The number of nitrogens with one attached hydrogen (secondary N) is 2. The summed E-state index contributed by atoms with van der Waals surface area (Å²) in [5.41, 5.74) is 0. The van der Waals surface area contributed by atoms with Crippen LogP contribution in [-0.2, 0) is 0 Å². The topological polar surface area (TPSA) is 37.0 Å². The van der Waals surface area contributed by atoms with Gasteiger partial charge in [-0.15, -0.1) is 0 Å². The molecule has 19 heavy (non-hydrogen) atoms. The van der Waals surface area contributed by atoms with Crippen molar-refractivity contribution in [1.29, 1.82) is 0 Å². The predicted molar refractivity (Wildman–Crippen MR) is 80.0 cm³/mol. The van der Waals surface area contributed by atoms with Gasteiger partial charge in [-0.2, -0.15) is 0 Å². The summed E-state index contributed by atoms with van der Waals surface area (Å²) in [7, 11) is 0. The van der Waals surface area contributed by atoms with E-state index >= 15 is 0 Å². The van der Waals surface area contributed by atoms with Crippen molar-refractivity contribution >= 4 is 0 Å². The molecule has 106 valence electrons. The first kappa shape index (κ1) is 14.5. The van der Waals surface area contributed by atoms with E-state index in [9.17, 15) is 0 Å². The first-order valence-corrected chi connectivity index (χ1v) is 7.71. The van der Waals surface area contributed by atoms with Gasteiger partial charge in [0.2, 0.25) is 0 Å². The summed E-state index contributed by atoms with van der Waals surface area (Å²) < 4.78 is 0. The van der Waals surface area contributed by atoms with Crippen LogP contribution >= 0.6 is 0 Å². The molecule has 3 nitrogen and oxygen atoms in total. The maximum atomic E-state index is 3.78. The summed E-state index contributed by atoms with van der Waals surface area (Å²) in [5.74, 6) is 1.88. The highest BCUT2D eigenvalue weighted by Crippen LogP contribution is 2.28. The van der Waals surface area contributed by atoms with Crippen molar-refractivity contribution in [3.8, 4) is 0 Å². The lowest BCUT2D eigenvalue weighted by Gasteiger charge is -2.17. The van der Waals surface area contributed by atoms with Crippen LogP contribution < -0.4 is 10.6 Å². The van der Waals surface area contributed by atoms with Crippen molar-refractivity contribution < 1.29 is 0 Å². The molecule has 2 N–H and O–H groups in total. The Labute approximate surface area is 117 Å². The van der Waals surface area contributed by atoms with E-state index in [-0.39, 0.29) is 0 Å². The Balaban J connectivity index is 0.000000186. The van der Waals surface area contributed by atoms with E-state index in [1.54, 1.807) is 12.4 Å². The van der Waals surface area contributed by atoms with E-state index in [0.29, 0.717) is 0 Å². The number of hydrogen-bond donors (Lipinski definition) is 2. The second kappa shape index (κ2) is 8.28. The minimum Gasteiger partial charge on any atom is -0.316 e. The molecule has 3 atom stereocenters. The Morgan fingerprint density at radius 1 is 1.05 bits per heavy atom. The third-order valence-corrected chi connectivity index (χ3v) is 4.24. The van der Waals surface area contributed by atoms with Crippen molar-refractivity contribution in [2.24, 2.45) is 11.8 Å². The Morgan fingerprint density at radius 2 is 1.89 bits per heavy atom. The SMILES string of the molecule is CCCCCC1NCC2CNCC21.c1ccncc1. The lowest BCUT2D eigenvalue weighted by Crippen LogP contribution is -2.30. The van der Waals surface area contributed by atoms with E-state index in [4.69, 9.17) is 0 Å². The summed E-state index contributed by atoms with van der Waals surface area (Å²) in [6, 6.07) is 6.54. The molecule has 0 spiro atoms. The second-order valence-corrected chi connectivity index (χ2v) is 5.62. The zero-order valence-corrected chi connectivity index (χ0v) is 12.0. The van der Waals surface area contributed by atoms with Gasteiger partial charge >= 0.3 is 0 Å². The summed E-state index contributed by atoms with van der Waals surface area (Å²) in [6.45, 7) is 6.05. The largest absolute Gasteiger partial charge is 0.316 e. The van der Waals surface area contributed by atoms with Gasteiger partial charge in [0.25, 0.3) is 0 Å². The van der Waals surface area contributed by atoms with Gasteiger partial charge in [0.15, 0.2) is 0 Å². The van der Waals surface area contributed by atoms with Crippen molar-refractivity contribution in [3.05, 3.63) is 30.6 Å². The summed E-state index contributed by atoms with van der Waals surface area (Å²) in [5, 5.41) is 7.18. The van der Waals surface area contributed by atoms with Crippen LogP contribution in [0.25, 0.3) is 0 Å². The number of aromatic nitrogens is 1. The Morgan fingerprint density at radius 3 is 2.53 bits per heavy atom. The fraction of sp³-hybridized carbons (Fsp3) is 0.688. The van der Waals surface area contributed by atoms with E-state index < -0.39 is 0 Å². The molecule has 0 aliphatic carbocycles. The Hall–Kier alpha value is -0.930. The Kier molecular flexibility index (Phi) is 6.31. The van der Waals surface area contributed by atoms with Gasteiger partial charge in [0, 0.05) is 18.4 Å². The highest BCUT2D eigenvalue weighted by Gasteiger charge is 2.38. The molecule has 0 saturated carbocycles. The predicted octanol–water partition coefficient (Wildman–Crippen LogP) is 2.46. The molecule has 2 fully saturated rings. The van der Waals surface area contributed by atoms with Gasteiger partial charge in [-0.05, 0) is 50.0 Å².